The number of rotatable bonds is 4. The Balaban J connectivity index is 2.12. The SMILES string of the molecule is COC(=O)Nc1cc(NC(=O)/C=C/c2ccc(Cl)c(C(F)(F)F)c2)ccc1F. The molecule has 0 fully saturated rings. The van der Waals surface area contributed by atoms with E-state index >= 15 is 0 Å². The summed E-state index contributed by atoms with van der Waals surface area (Å²) in [6.45, 7) is 0. The highest BCUT2D eigenvalue weighted by atomic mass is 35.5. The van der Waals surface area contributed by atoms with Gasteiger partial charge >= 0.3 is 12.3 Å². The summed E-state index contributed by atoms with van der Waals surface area (Å²) in [6, 6.07) is 6.61. The number of ether oxygens (including phenoxy) is 1. The number of halogens is 5. The van der Waals surface area contributed by atoms with E-state index in [0.717, 1.165) is 43.5 Å². The topological polar surface area (TPSA) is 67.4 Å². The molecular weight excluding hydrogens is 404 g/mol. The standard InChI is InChI=1S/C18H13ClF4N2O3/c1-28-17(27)25-15-9-11(4-6-14(15)20)24-16(26)7-3-10-2-5-13(19)12(8-10)18(21,22)23/h2-9H,1H3,(H,24,26)(H,25,27)/b7-3+. The Labute approximate surface area is 161 Å². The molecule has 0 aliphatic heterocycles. The van der Waals surface area contributed by atoms with E-state index in [-0.39, 0.29) is 16.9 Å². The summed E-state index contributed by atoms with van der Waals surface area (Å²) in [5, 5.41) is 4.07. The normalized spacial score (nSPS) is 11.4. The number of hydrogen-bond acceptors (Lipinski definition) is 3. The Bertz CT molecular complexity index is 930. The summed E-state index contributed by atoms with van der Waals surface area (Å²) >= 11 is 5.53. The van der Waals surface area contributed by atoms with Crippen LogP contribution < -0.4 is 10.6 Å². The Morgan fingerprint density at radius 1 is 1.11 bits per heavy atom. The molecule has 0 aliphatic rings. The van der Waals surface area contributed by atoms with Crippen LogP contribution in [0.4, 0.5) is 33.7 Å². The smallest absolute Gasteiger partial charge is 0.417 e. The number of carbonyl (C=O) groups is 2. The first-order valence-corrected chi connectivity index (χ1v) is 7.98. The molecule has 10 heteroatoms. The number of methoxy groups -OCH3 is 1. The lowest BCUT2D eigenvalue weighted by atomic mass is 10.1. The number of hydrogen-bond donors (Lipinski definition) is 2. The quantitative estimate of drug-likeness (QED) is 0.523. The van der Waals surface area contributed by atoms with Gasteiger partial charge in [-0.2, -0.15) is 13.2 Å². The molecule has 0 saturated carbocycles. The number of anilines is 2. The summed E-state index contributed by atoms with van der Waals surface area (Å²) < 4.78 is 56.5. The van der Waals surface area contributed by atoms with E-state index in [1.54, 1.807) is 0 Å². The zero-order valence-corrected chi connectivity index (χ0v) is 15.0. The highest BCUT2D eigenvalue weighted by molar-refractivity contribution is 6.31. The van der Waals surface area contributed by atoms with Crippen LogP contribution >= 0.6 is 11.6 Å². The van der Waals surface area contributed by atoms with Crippen LogP contribution in [0.2, 0.25) is 5.02 Å². The Hall–Kier alpha value is -3.07. The molecule has 2 N–H and O–H groups in total. The van der Waals surface area contributed by atoms with Crippen molar-refractivity contribution >= 4 is 41.1 Å². The third-order valence-electron chi connectivity index (χ3n) is 3.38. The fourth-order valence-corrected chi connectivity index (χ4v) is 2.30. The largest absolute Gasteiger partial charge is 0.453 e. The fraction of sp³-hybridized carbons (Fsp3) is 0.111. The van der Waals surface area contributed by atoms with Crippen molar-refractivity contribution in [2.75, 3.05) is 17.7 Å². The number of amides is 2. The third kappa shape index (κ3) is 5.71. The van der Waals surface area contributed by atoms with Gasteiger partial charge in [0.25, 0.3) is 0 Å². The summed E-state index contributed by atoms with van der Waals surface area (Å²) in [7, 11) is 1.10. The highest BCUT2D eigenvalue weighted by Crippen LogP contribution is 2.35. The molecule has 148 valence electrons. The first-order valence-electron chi connectivity index (χ1n) is 7.60. The lowest BCUT2D eigenvalue weighted by Crippen LogP contribution is -2.13. The van der Waals surface area contributed by atoms with E-state index in [1.807, 2.05) is 0 Å². The van der Waals surface area contributed by atoms with Crippen molar-refractivity contribution < 1.29 is 31.9 Å². The molecule has 5 nitrogen and oxygen atoms in total. The fourth-order valence-electron chi connectivity index (χ4n) is 2.08. The first-order chi connectivity index (χ1) is 13.1. The van der Waals surface area contributed by atoms with Gasteiger partial charge in [0.05, 0.1) is 23.4 Å². The summed E-state index contributed by atoms with van der Waals surface area (Å²) in [4.78, 5) is 23.1. The molecule has 0 heterocycles. The maximum atomic E-state index is 13.6. The van der Waals surface area contributed by atoms with Gasteiger partial charge in [-0.05, 0) is 42.0 Å². The van der Waals surface area contributed by atoms with Gasteiger partial charge in [0.2, 0.25) is 5.91 Å². The monoisotopic (exact) mass is 416 g/mol. The molecule has 0 atom stereocenters. The lowest BCUT2D eigenvalue weighted by molar-refractivity contribution is -0.137. The van der Waals surface area contributed by atoms with Crippen molar-refractivity contribution in [2.24, 2.45) is 0 Å². The zero-order valence-electron chi connectivity index (χ0n) is 14.2. The Kier molecular flexibility index (Phi) is 6.63. The van der Waals surface area contributed by atoms with Crippen LogP contribution in [0.3, 0.4) is 0 Å². The minimum Gasteiger partial charge on any atom is -0.453 e. The second kappa shape index (κ2) is 8.75. The molecule has 28 heavy (non-hydrogen) atoms. The number of benzene rings is 2. The Morgan fingerprint density at radius 2 is 1.82 bits per heavy atom. The number of nitrogens with one attached hydrogen (secondary N) is 2. The minimum absolute atomic E-state index is 0.110. The van der Waals surface area contributed by atoms with Crippen molar-refractivity contribution in [2.45, 2.75) is 6.18 Å². The van der Waals surface area contributed by atoms with Gasteiger partial charge in [0.15, 0.2) is 0 Å². The van der Waals surface area contributed by atoms with Crippen molar-refractivity contribution in [1.29, 1.82) is 0 Å². The Morgan fingerprint density at radius 3 is 2.46 bits per heavy atom. The molecule has 0 spiro atoms. The van der Waals surface area contributed by atoms with Crippen molar-refractivity contribution in [3.63, 3.8) is 0 Å². The average Bonchev–Trinajstić information content (AvgIpc) is 2.62. The van der Waals surface area contributed by atoms with Crippen LogP contribution in [0.1, 0.15) is 11.1 Å². The van der Waals surface area contributed by atoms with Gasteiger partial charge in [-0.3, -0.25) is 10.1 Å². The van der Waals surface area contributed by atoms with Gasteiger partial charge in [-0.15, -0.1) is 0 Å². The molecule has 0 radical (unpaired) electrons. The summed E-state index contributed by atoms with van der Waals surface area (Å²) in [6.07, 6.45) is -3.36. The van der Waals surface area contributed by atoms with Crippen LogP contribution in [0.15, 0.2) is 42.5 Å². The van der Waals surface area contributed by atoms with Crippen LogP contribution in [-0.4, -0.2) is 19.1 Å². The average molecular weight is 417 g/mol. The maximum Gasteiger partial charge on any atom is 0.417 e. The van der Waals surface area contributed by atoms with E-state index in [2.05, 4.69) is 15.4 Å². The molecule has 0 aromatic heterocycles. The molecule has 2 amide bonds. The molecule has 2 rings (SSSR count). The molecule has 0 aliphatic carbocycles. The first kappa shape index (κ1) is 21.2. The summed E-state index contributed by atoms with van der Waals surface area (Å²) in [5.41, 5.74) is -0.983. The third-order valence-corrected chi connectivity index (χ3v) is 3.71. The molecule has 0 unspecified atom stereocenters. The van der Waals surface area contributed by atoms with E-state index in [4.69, 9.17) is 11.6 Å². The van der Waals surface area contributed by atoms with E-state index in [0.29, 0.717) is 0 Å². The predicted octanol–water partition coefficient (Wildman–Crippen LogP) is 5.33. The second-order valence-corrected chi connectivity index (χ2v) is 5.78. The molecule has 2 aromatic carbocycles. The van der Waals surface area contributed by atoms with Crippen molar-refractivity contribution in [1.82, 2.24) is 0 Å². The van der Waals surface area contributed by atoms with Gasteiger partial charge in [-0.1, -0.05) is 17.7 Å². The van der Waals surface area contributed by atoms with Crippen LogP contribution in [0.5, 0.6) is 0 Å². The van der Waals surface area contributed by atoms with Gasteiger partial charge in [-0.25, -0.2) is 9.18 Å². The van der Waals surface area contributed by atoms with Crippen LogP contribution in [0.25, 0.3) is 6.08 Å². The molecule has 0 saturated heterocycles. The second-order valence-electron chi connectivity index (χ2n) is 5.37. The number of alkyl halides is 3. The summed E-state index contributed by atoms with van der Waals surface area (Å²) in [5.74, 6) is -1.43. The molecule has 2 aromatic rings. The van der Waals surface area contributed by atoms with Gasteiger partial charge in [0, 0.05) is 11.8 Å². The van der Waals surface area contributed by atoms with E-state index in [1.165, 1.54) is 12.1 Å². The minimum atomic E-state index is -4.62. The van der Waals surface area contributed by atoms with Crippen molar-refractivity contribution in [3.8, 4) is 0 Å². The van der Waals surface area contributed by atoms with E-state index in [9.17, 15) is 27.2 Å². The molecular formula is C18H13ClF4N2O3. The van der Waals surface area contributed by atoms with Crippen LogP contribution in [-0.2, 0) is 15.7 Å². The maximum absolute atomic E-state index is 13.6. The van der Waals surface area contributed by atoms with Crippen LogP contribution in [0, 0.1) is 5.82 Å². The van der Waals surface area contributed by atoms with Gasteiger partial charge < -0.3 is 10.1 Å². The zero-order chi connectivity index (χ0) is 20.9. The molecule has 0 bridgehead atoms. The number of carbonyl (C=O) groups excluding carboxylic acids is 2. The lowest BCUT2D eigenvalue weighted by Gasteiger charge is -2.09. The highest BCUT2D eigenvalue weighted by Gasteiger charge is 2.33. The van der Waals surface area contributed by atoms with Gasteiger partial charge in [0.1, 0.15) is 5.82 Å². The van der Waals surface area contributed by atoms with E-state index < -0.39 is 34.6 Å². The predicted molar refractivity (Wildman–Crippen MR) is 96.5 cm³/mol. The van der Waals surface area contributed by atoms with Crippen molar-refractivity contribution in [3.05, 3.63) is 64.4 Å².